The SMILES string of the molecule is OC/C=C\[Se]c1ccccc1. The molecule has 0 unspecified atom stereocenters. The van der Waals surface area contributed by atoms with Gasteiger partial charge in [-0.25, -0.2) is 0 Å². The number of aliphatic hydroxyl groups excluding tert-OH is 1. The molecule has 0 radical (unpaired) electrons. The zero-order valence-corrected chi connectivity index (χ0v) is 7.82. The van der Waals surface area contributed by atoms with Crippen LogP contribution in [0, 0.1) is 0 Å². The van der Waals surface area contributed by atoms with E-state index < -0.39 is 0 Å². The van der Waals surface area contributed by atoms with E-state index in [4.69, 9.17) is 5.11 Å². The molecule has 0 aliphatic heterocycles. The maximum absolute atomic E-state index is 8.47. The molecule has 0 aliphatic rings. The molecule has 1 nitrogen and oxygen atoms in total. The fraction of sp³-hybridized carbons (Fsp3) is 0.111. The maximum atomic E-state index is 8.47. The normalized spacial score (nSPS) is 10.6. The Morgan fingerprint density at radius 1 is 1.27 bits per heavy atom. The van der Waals surface area contributed by atoms with Crippen LogP contribution in [0.2, 0.25) is 0 Å². The Morgan fingerprint density at radius 2 is 2.00 bits per heavy atom. The molecule has 0 heterocycles. The van der Waals surface area contributed by atoms with Crippen molar-refractivity contribution >= 4 is 19.4 Å². The molecule has 0 amide bonds. The Labute approximate surface area is 72.9 Å². The first-order valence-electron chi connectivity index (χ1n) is 3.41. The van der Waals surface area contributed by atoms with Crippen LogP contribution in [0.25, 0.3) is 0 Å². The molecule has 0 bridgehead atoms. The standard InChI is InChI=1S/C9H10OSe/c10-7-4-8-11-9-5-2-1-3-6-9/h1-6,8,10H,7H2/b8-4-. The van der Waals surface area contributed by atoms with Crippen LogP contribution in [0.3, 0.4) is 0 Å². The topological polar surface area (TPSA) is 20.2 Å². The molecular formula is C9H10OSe. The zero-order valence-electron chi connectivity index (χ0n) is 6.10. The molecule has 1 N–H and O–H groups in total. The van der Waals surface area contributed by atoms with Crippen LogP contribution in [0.4, 0.5) is 0 Å². The summed E-state index contributed by atoms with van der Waals surface area (Å²) in [5.41, 5.74) is 0. The molecule has 58 valence electrons. The number of rotatable bonds is 3. The van der Waals surface area contributed by atoms with Gasteiger partial charge in [0.05, 0.1) is 0 Å². The molecule has 0 aliphatic carbocycles. The number of hydrogen-bond acceptors (Lipinski definition) is 1. The second-order valence-electron chi connectivity index (χ2n) is 1.99. The van der Waals surface area contributed by atoms with Crippen LogP contribution in [0.1, 0.15) is 0 Å². The quantitative estimate of drug-likeness (QED) is 0.726. The number of aliphatic hydroxyl groups is 1. The summed E-state index contributed by atoms with van der Waals surface area (Å²) < 4.78 is 1.34. The van der Waals surface area contributed by atoms with E-state index in [1.54, 1.807) is 6.08 Å². The van der Waals surface area contributed by atoms with Gasteiger partial charge in [0.1, 0.15) is 0 Å². The van der Waals surface area contributed by atoms with Crippen LogP contribution in [-0.4, -0.2) is 26.7 Å². The molecule has 11 heavy (non-hydrogen) atoms. The minimum atomic E-state index is 0.147. The fourth-order valence-electron chi connectivity index (χ4n) is 0.669. The summed E-state index contributed by atoms with van der Waals surface area (Å²) in [5.74, 6) is 0. The molecule has 1 aromatic carbocycles. The summed E-state index contributed by atoms with van der Waals surface area (Å²) in [5, 5.41) is 8.47. The molecule has 0 saturated heterocycles. The van der Waals surface area contributed by atoms with Gasteiger partial charge in [0, 0.05) is 0 Å². The number of hydrogen-bond donors (Lipinski definition) is 1. The zero-order chi connectivity index (χ0) is 7.94. The van der Waals surface area contributed by atoms with Gasteiger partial charge in [-0.15, -0.1) is 0 Å². The third-order valence-corrected chi connectivity index (χ3v) is 2.98. The minimum absolute atomic E-state index is 0.147. The van der Waals surface area contributed by atoms with Gasteiger partial charge < -0.3 is 0 Å². The van der Waals surface area contributed by atoms with Crippen molar-refractivity contribution in [1.29, 1.82) is 0 Å². The molecular weight excluding hydrogens is 203 g/mol. The van der Waals surface area contributed by atoms with Crippen molar-refractivity contribution in [3.8, 4) is 0 Å². The second kappa shape index (κ2) is 5.14. The summed E-state index contributed by atoms with van der Waals surface area (Å²) >= 11 is 0.379. The van der Waals surface area contributed by atoms with E-state index in [1.165, 1.54) is 4.46 Å². The van der Waals surface area contributed by atoms with Crippen LogP contribution in [0.5, 0.6) is 0 Å². The van der Waals surface area contributed by atoms with E-state index in [0.717, 1.165) is 0 Å². The van der Waals surface area contributed by atoms with Crippen molar-refractivity contribution in [2.45, 2.75) is 0 Å². The van der Waals surface area contributed by atoms with Crippen LogP contribution in [0.15, 0.2) is 41.4 Å². The van der Waals surface area contributed by atoms with Crippen LogP contribution >= 0.6 is 0 Å². The van der Waals surface area contributed by atoms with E-state index in [-0.39, 0.29) is 6.61 Å². The molecule has 0 saturated carbocycles. The van der Waals surface area contributed by atoms with Crippen LogP contribution in [-0.2, 0) is 0 Å². The second-order valence-corrected chi connectivity index (χ2v) is 4.04. The van der Waals surface area contributed by atoms with Gasteiger partial charge in [-0.1, -0.05) is 0 Å². The van der Waals surface area contributed by atoms with Gasteiger partial charge >= 0.3 is 72.5 Å². The third kappa shape index (κ3) is 3.38. The summed E-state index contributed by atoms with van der Waals surface area (Å²) in [4.78, 5) is 2.03. The molecule has 1 rings (SSSR count). The molecule has 1 aromatic rings. The summed E-state index contributed by atoms with van der Waals surface area (Å²) in [7, 11) is 0. The van der Waals surface area contributed by atoms with Gasteiger partial charge in [-0.3, -0.25) is 0 Å². The average molecular weight is 213 g/mol. The Balaban J connectivity index is 2.45. The Morgan fingerprint density at radius 3 is 2.64 bits per heavy atom. The van der Waals surface area contributed by atoms with Crippen molar-refractivity contribution in [3.05, 3.63) is 41.4 Å². The van der Waals surface area contributed by atoms with Gasteiger partial charge in [-0.2, -0.15) is 0 Å². The summed E-state index contributed by atoms with van der Waals surface area (Å²) in [6.45, 7) is 0.147. The van der Waals surface area contributed by atoms with Gasteiger partial charge in [0.2, 0.25) is 0 Å². The Bertz CT molecular complexity index is 218. The Hall–Kier alpha value is -0.561. The first-order chi connectivity index (χ1) is 5.43. The Kier molecular flexibility index (Phi) is 3.99. The van der Waals surface area contributed by atoms with Crippen molar-refractivity contribution in [3.63, 3.8) is 0 Å². The van der Waals surface area contributed by atoms with Crippen molar-refractivity contribution < 1.29 is 5.11 Å². The molecule has 2 heteroatoms. The average Bonchev–Trinajstić information content (AvgIpc) is 2.07. The first kappa shape index (κ1) is 8.54. The molecule has 0 fully saturated rings. The first-order valence-corrected chi connectivity index (χ1v) is 5.25. The number of benzene rings is 1. The van der Waals surface area contributed by atoms with E-state index in [9.17, 15) is 0 Å². The monoisotopic (exact) mass is 214 g/mol. The molecule has 0 atom stereocenters. The van der Waals surface area contributed by atoms with Gasteiger partial charge in [0.15, 0.2) is 0 Å². The van der Waals surface area contributed by atoms with Crippen LogP contribution < -0.4 is 4.46 Å². The van der Waals surface area contributed by atoms with E-state index in [0.29, 0.717) is 15.0 Å². The van der Waals surface area contributed by atoms with E-state index in [2.05, 4.69) is 12.1 Å². The fourth-order valence-corrected chi connectivity index (χ4v) is 2.04. The predicted molar refractivity (Wildman–Crippen MR) is 48.1 cm³/mol. The molecule has 0 spiro atoms. The summed E-state index contributed by atoms with van der Waals surface area (Å²) in [6.07, 6.45) is 1.78. The van der Waals surface area contributed by atoms with Gasteiger partial charge in [0.25, 0.3) is 0 Å². The van der Waals surface area contributed by atoms with Crippen molar-refractivity contribution in [1.82, 2.24) is 0 Å². The van der Waals surface area contributed by atoms with E-state index in [1.807, 2.05) is 23.2 Å². The van der Waals surface area contributed by atoms with E-state index >= 15 is 0 Å². The molecule has 0 aromatic heterocycles. The van der Waals surface area contributed by atoms with Crippen molar-refractivity contribution in [2.24, 2.45) is 0 Å². The third-order valence-electron chi connectivity index (χ3n) is 1.15. The predicted octanol–water partition coefficient (Wildman–Crippen LogP) is 0.522. The summed E-state index contributed by atoms with van der Waals surface area (Å²) in [6, 6.07) is 10.3. The van der Waals surface area contributed by atoms with Gasteiger partial charge in [-0.05, 0) is 0 Å². The van der Waals surface area contributed by atoms with Crippen molar-refractivity contribution in [2.75, 3.05) is 6.61 Å².